The zero-order chi connectivity index (χ0) is 22.3. The van der Waals surface area contributed by atoms with E-state index in [9.17, 15) is 8.42 Å². The molecule has 0 amide bonds. The molecule has 0 bridgehead atoms. The van der Waals surface area contributed by atoms with Crippen LogP contribution in [0.3, 0.4) is 0 Å². The van der Waals surface area contributed by atoms with Gasteiger partial charge in [0.1, 0.15) is 5.75 Å². The molecule has 3 aromatic rings. The van der Waals surface area contributed by atoms with Crippen LogP contribution < -0.4 is 14.8 Å². The van der Waals surface area contributed by atoms with Gasteiger partial charge in [0.05, 0.1) is 18.0 Å². The quantitative estimate of drug-likeness (QED) is 0.499. The summed E-state index contributed by atoms with van der Waals surface area (Å²) in [4.78, 5) is 0.276. The molecule has 0 fully saturated rings. The summed E-state index contributed by atoms with van der Waals surface area (Å²) in [5, 5.41) is 3.66. The van der Waals surface area contributed by atoms with Gasteiger partial charge in [0.15, 0.2) is 0 Å². The number of sulfonamides is 1. The minimum atomic E-state index is -3.69. The lowest BCUT2D eigenvalue weighted by Gasteiger charge is -2.37. The third kappa shape index (κ3) is 3.75. The lowest BCUT2D eigenvalue weighted by Crippen LogP contribution is -2.29. The van der Waals surface area contributed by atoms with Gasteiger partial charge >= 0.3 is 0 Å². The summed E-state index contributed by atoms with van der Waals surface area (Å²) in [6.07, 6.45) is 5.35. The number of ether oxygens (including phenoxy) is 1. The van der Waals surface area contributed by atoms with Gasteiger partial charge in [-0.25, -0.2) is 8.42 Å². The third-order valence-corrected chi connectivity index (χ3v) is 7.75. The van der Waals surface area contributed by atoms with E-state index in [4.69, 9.17) is 4.74 Å². The monoisotopic (exact) mass is 446 g/mol. The van der Waals surface area contributed by atoms with E-state index in [1.54, 1.807) is 19.2 Å². The molecule has 0 aromatic heterocycles. The van der Waals surface area contributed by atoms with Crippen LogP contribution in [0.2, 0.25) is 0 Å². The van der Waals surface area contributed by atoms with E-state index in [-0.39, 0.29) is 16.9 Å². The van der Waals surface area contributed by atoms with Crippen LogP contribution in [0.4, 0.5) is 11.4 Å². The molecule has 3 atom stereocenters. The molecular weight excluding hydrogens is 420 g/mol. The van der Waals surface area contributed by atoms with Crippen LogP contribution in [0, 0.1) is 12.8 Å². The first-order valence-electron chi connectivity index (χ1n) is 10.8. The minimum Gasteiger partial charge on any atom is -0.497 e. The van der Waals surface area contributed by atoms with Crippen LogP contribution in [0.1, 0.15) is 35.1 Å². The summed E-state index contributed by atoms with van der Waals surface area (Å²) in [6.45, 7) is 1.94. The molecule has 0 unspecified atom stereocenters. The van der Waals surface area contributed by atoms with Crippen LogP contribution in [0.25, 0.3) is 0 Å². The molecule has 1 aliphatic carbocycles. The smallest absolute Gasteiger partial charge is 0.261 e. The highest BCUT2D eigenvalue weighted by Gasteiger charge is 2.38. The maximum atomic E-state index is 13.1. The predicted molar refractivity (Wildman–Crippen MR) is 128 cm³/mol. The first kappa shape index (κ1) is 20.6. The topological polar surface area (TPSA) is 67.4 Å². The third-order valence-electron chi connectivity index (χ3n) is 6.37. The Morgan fingerprint density at radius 1 is 1.03 bits per heavy atom. The number of hydrogen-bond acceptors (Lipinski definition) is 4. The summed E-state index contributed by atoms with van der Waals surface area (Å²) in [5.41, 5.74) is 4.74. The zero-order valence-electron chi connectivity index (χ0n) is 18.1. The van der Waals surface area contributed by atoms with Crippen LogP contribution in [-0.4, -0.2) is 15.5 Å². The van der Waals surface area contributed by atoms with Crippen molar-refractivity contribution in [3.05, 3.63) is 95.6 Å². The van der Waals surface area contributed by atoms with Crippen molar-refractivity contribution < 1.29 is 13.2 Å². The zero-order valence-corrected chi connectivity index (χ0v) is 18.9. The summed E-state index contributed by atoms with van der Waals surface area (Å²) >= 11 is 0. The number of rotatable bonds is 5. The molecule has 0 saturated heterocycles. The fourth-order valence-corrected chi connectivity index (χ4v) is 5.91. The number of aryl methyl sites for hydroxylation is 1. The maximum Gasteiger partial charge on any atom is 0.261 e. The van der Waals surface area contributed by atoms with E-state index >= 15 is 0 Å². The van der Waals surface area contributed by atoms with Gasteiger partial charge in [-0.2, -0.15) is 0 Å². The summed E-state index contributed by atoms with van der Waals surface area (Å²) in [6, 6.07) is 21.0. The lowest BCUT2D eigenvalue weighted by molar-refractivity contribution is 0.406. The molecular formula is C26H26N2O3S. The Bertz CT molecular complexity index is 1300. The number of fused-ring (bicyclic) bond motifs is 3. The highest BCUT2D eigenvalue weighted by molar-refractivity contribution is 7.92. The van der Waals surface area contributed by atoms with Crippen molar-refractivity contribution in [1.29, 1.82) is 0 Å². The first-order valence-corrected chi connectivity index (χ1v) is 12.2. The van der Waals surface area contributed by atoms with Crippen LogP contribution in [-0.2, 0) is 10.0 Å². The molecule has 2 N–H and O–H groups in total. The van der Waals surface area contributed by atoms with Crippen molar-refractivity contribution in [3.63, 3.8) is 0 Å². The molecule has 5 rings (SSSR count). The van der Waals surface area contributed by atoms with E-state index < -0.39 is 10.0 Å². The second-order valence-electron chi connectivity index (χ2n) is 8.48. The molecule has 0 radical (unpaired) electrons. The molecule has 0 spiro atoms. The number of nitrogens with one attached hydrogen (secondary N) is 2. The highest BCUT2D eigenvalue weighted by atomic mass is 32.2. The predicted octanol–water partition coefficient (Wildman–Crippen LogP) is 5.63. The molecule has 1 aliphatic heterocycles. The summed E-state index contributed by atoms with van der Waals surface area (Å²) in [5.74, 6) is 1.31. The minimum absolute atomic E-state index is 0.130. The Morgan fingerprint density at radius 2 is 1.88 bits per heavy atom. The van der Waals surface area contributed by atoms with Gasteiger partial charge < -0.3 is 10.1 Å². The molecule has 2 aliphatic rings. The van der Waals surface area contributed by atoms with Crippen molar-refractivity contribution in [3.8, 4) is 5.75 Å². The SMILES string of the molecule is COc1cccc([C@H]2Nc3ccc(S(=O)(=O)Nc4cccc(C)c4)cc3[C@H]3C=CC[C@H]32)c1. The van der Waals surface area contributed by atoms with Crippen molar-refractivity contribution in [1.82, 2.24) is 0 Å². The molecule has 5 nitrogen and oxygen atoms in total. The van der Waals surface area contributed by atoms with Gasteiger partial charge in [0.2, 0.25) is 0 Å². The number of anilines is 2. The Kier molecular flexibility index (Phi) is 5.18. The van der Waals surface area contributed by atoms with Gasteiger partial charge in [0, 0.05) is 17.3 Å². The van der Waals surface area contributed by atoms with E-state index in [1.807, 2.05) is 49.4 Å². The normalized spacial score (nSPS) is 21.4. The van der Waals surface area contributed by atoms with Crippen molar-refractivity contribution >= 4 is 21.4 Å². The molecule has 164 valence electrons. The van der Waals surface area contributed by atoms with Crippen LogP contribution >= 0.6 is 0 Å². The van der Waals surface area contributed by atoms with Crippen LogP contribution in [0.15, 0.2) is 83.8 Å². The van der Waals surface area contributed by atoms with Crippen molar-refractivity contribution in [2.45, 2.75) is 30.2 Å². The molecule has 6 heteroatoms. The first-order chi connectivity index (χ1) is 15.4. The van der Waals surface area contributed by atoms with Crippen molar-refractivity contribution in [2.24, 2.45) is 5.92 Å². The number of allylic oxidation sites excluding steroid dienone is 2. The summed E-state index contributed by atoms with van der Waals surface area (Å²) < 4.78 is 34.3. The highest BCUT2D eigenvalue weighted by Crippen LogP contribution is 2.50. The molecule has 1 heterocycles. The van der Waals surface area contributed by atoms with Gasteiger partial charge in [0.25, 0.3) is 10.0 Å². The van der Waals surface area contributed by atoms with E-state index in [0.717, 1.165) is 29.0 Å². The Morgan fingerprint density at radius 3 is 2.69 bits per heavy atom. The van der Waals surface area contributed by atoms with E-state index in [0.29, 0.717) is 11.6 Å². The number of hydrogen-bond donors (Lipinski definition) is 2. The average Bonchev–Trinajstić information content (AvgIpc) is 3.28. The number of benzene rings is 3. The fourth-order valence-electron chi connectivity index (χ4n) is 4.83. The van der Waals surface area contributed by atoms with Gasteiger partial charge in [-0.15, -0.1) is 0 Å². The standard InChI is InChI=1S/C26H26N2O3S/c1-17-6-3-8-19(14-17)28-32(29,30)21-12-13-25-24(16-21)22-10-5-11-23(22)26(27-25)18-7-4-9-20(15-18)31-2/h3-10,12-16,22-23,26-28H,11H2,1-2H3/t22-,23+,26+/m0/s1. The largest absolute Gasteiger partial charge is 0.497 e. The lowest BCUT2D eigenvalue weighted by atomic mass is 9.77. The molecule has 0 saturated carbocycles. The average molecular weight is 447 g/mol. The Balaban J connectivity index is 1.49. The molecule has 3 aromatic carbocycles. The van der Waals surface area contributed by atoms with Crippen LogP contribution in [0.5, 0.6) is 5.75 Å². The Hall–Kier alpha value is -3.25. The summed E-state index contributed by atoms with van der Waals surface area (Å²) in [7, 11) is -2.01. The second kappa shape index (κ2) is 8.02. The fraction of sp³-hybridized carbons (Fsp3) is 0.231. The molecule has 32 heavy (non-hydrogen) atoms. The van der Waals surface area contributed by atoms with E-state index in [1.165, 1.54) is 5.56 Å². The van der Waals surface area contributed by atoms with Crippen molar-refractivity contribution in [2.75, 3.05) is 17.1 Å². The van der Waals surface area contributed by atoms with Gasteiger partial charge in [-0.1, -0.05) is 36.4 Å². The van der Waals surface area contributed by atoms with Gasteiger partial charge in [-0.05, 0) is 78.4 Å². The Labute approximate surface area is 189 Å². The second-order valence-corrected chi connectivity index (χ2v) is 10.2. The number of methoxy groups -OCH3 is 1. The van der Waals surface area contributed by atoms with E-state index in [2.05, 4.69) is 34.3 Å². The maximum absolute atomic E-state index is 13.1. The van der Waals surface area contributed by atoms with Gasteiger partial charge in [-0.3, -0.25) is 4.72 Å².